The summed E-state index contributed by atoms with van der Waals surface area (Å²) in [6, 6.07) is 17.2. The Morgan fingerprint density at radius 3 is 2.70 bits per heavy atom. The van der Waals surface area contributed by atoms with Crippen LogP contribution in [-0.4, -0.2) is 5.91 Å². The Labute approximate surface area is 126 Å². The molecule has 100 valence electrons. The van der Waals surface area contributed by atoms with Crippen LogP contribution in [0.5, 0.6) is 0 Å². The molecule has 0 bridgehead atoms. The number of rotatable bonds is 3. The van der Waals surface area contributed by atoms with Gasteiger partial charge in [-0.25, -0.2) is 0 Å². The van der Waals surface area contributed by atoms with Crippen LogP contribution in [0.3, 0.4) is 0 Å². The predicted molar refractivity (Wildman–Crippen MR) is 85.5 cm³/mol. The van der Waals surface area contributed by atoms with Crippen molar-refractivity contribution in [1.29, 1.82) is 0 Å². The van der Waals surface area contributed by atoms with E-state index in [9.17, 15) is 4.79 Å². The quantitative estimate of drug-likeness (QED) is 0.690. The number of thiophene rings is 1. The molecule has 0 aliphatic carbocycles. The van der Waals surface area contributed by atoms with E-state index in [4.69, 9.17) is 11.6 Å². The number of nitrogens with one attached hydrogen (secondary N) is 1. The maximum Gasteiger partial charge on any atom is 0.246 e. The number of hydrogen-bond acceptors (Lipinski definition) is 2. The summed E-state index contributed by atoms with van der Waals surface area (Å²) in [5.74, 6) is -0.215. The largest absolute Gasteiger partial charge is 0.324 e. The van der Waals surface area contributed by atoms with Crippen LogP contribution in [0.2, 0.25) is 0 Å². The average molecular weight is 302 g/mol. The molecule has 2 nitrogen and oxygen atoms in total. The van der Waals surface area contributed by atoms with Crippen molar-refractivity contribution in [2.75, 3.05) is 5.32 Å². The fraction of sp³-hybridized carbons (Fsp3) is 0.0625. The highest BCUT2D eigenvalue weighted by atomic mass is 35.5. The summed E-state index contributed by atoms with van der Waals surface area (Å²) in [6.45, 7) is 0. The zero-order valence-electron chi connectivity index (χ0n) is 10.5. The van der Waals surface area contributed by atoms with Crippen LogP contribution in [0.25, 0.3) is 10.1 Å². The number of carbonyl (C=O) groups excluding carboxylic acids is 1. The molecule has 3 aromatic rings. The van der Waals surface area contributed by atoms with E-state index >= 15 is 0 Å². The molecular weight excluding hydrogens is 290 g/mol. The second kappa shape index (κ2) is 5.65. The molecule has 0 aliphatic heterocycles. The summed E-state index contributed by atoms with van der Waals surface area (Å²) < 4.78 is 1.20. The topological polar surface area (TPSA) is 29.1 Å². The Morgan fingerprint density at radius 1 is 1.10 bits per heavy atom. The van der Waals surface area contributed by atoms with Gasteiger partial charge in [0.05, 0.1) is 0 Å². The third kappa shape index (κ3) is 2.69. The van der Waals surface area contributed by atoms with Crippen molar-refractivity contribution in [3.8, 4) is 0 Å². The minimum absolute atomic E-state index is 0.215. The number of benzene rings is 2. The molecular formula is C16H12ClNOS. The summed E-state index contributed by atoms with van der Waals surface area (Å²) in [4.78, 5) is 12.1. The first-order valence-electron chi connectivity index (χ1n) is 6.21. The van der Waals surface area contributed by atoms with Crippen molar-refractivity contribution in [1.82, 2.24) is 0 Å². The van der Waals surface area contributed by atoms with Crippen LogP contribution in [0, 0.1) is 0 Å². The van der Waals surface area contributed by atoms with Gasteiger partial charge >= 0.3 is 0 Å². The highest BCUT2D eigenvalue weighted by molar-refractivity contribution is 7.17. The van der Waals surface area contributed by atoms with Crippen molar-refractivity contribution in [3.63, 3.8) is 0 Å². The van der Waals surface area contributed by atoms with Gasteiger partial charge in [-0.3, -0.25) is 4.79 Å². The molecule has 0 fully saturated rings. The smallest absolute Gasteiger partial charge is 0.246 e. The zero-order chi connectivity index (χ0) is 13.9. The molecule has 0 saturated carbocycles. The van der Waals surface area contributed by atoms with Crippen LogP contribution in [0.15, 0.2) is 60.0 Å². The van der Waals surface area contributed by atoms with Crippen LogP contribution in [0.1, 0.15) is 10.9 Å². The van der Waals surface area contributed by atoms with Gasteiger partial charge in [0.25, 0.3) is 0 Å². The molecule has 3 rings (SSSR count). The van der Waals surface area contributed by atoms with Crippen molar-refractivity contribution >= 4 is 44.6 Å². The number of anilines is 1. The minimum Gasteiger partial charge on any atom is -0.324 e. The third-order valence-electron chi connectivity index (χ3n) is 3.04. The lowest BCUT2D eigenvalue weighted by Gasteiger charge is -2.11. The second-order valence-electron chi connectivity index (χ2n) is 4.44. The zero-order valence-corrected chi connectivity index (χ0v) is 12.1. The average Bonchev–Trinajstić information content (AvgIpc) is 2.95. The molecule has 20 heavy (non-hydrogen) atoms. The Morgan fingerprint density at radius 2 is 1.90 bits per heavy atom. The summed E-state index contributed by atoms with van der Waals surface area (Å²) >= 11 is 7.87. The van der Waals surface area contributed by atoms with E-state index in [0.29, 0.717) is 0 Å². The van der Waals surface area contributed by atoms with Gasteiger partial charge in [-0.15, -0.1) is 22.9 Å². The number of alkyl halides is 1. The Kier molecular flexibility index (Phi) is 3.72. The third-order valence-corrected chi connectivity index (χ3v) is 4.39. The van der Waals surface area contributed by atoms with E-state index < -0.39 is 5.38 Å². The Bertz CT molecular complexity index is 738. The standard InChI is InChI=1S/C16H12ClNOS/c17-15(11-4-2-1-3-5-11)16(19)18-13-6-7-14-12(10-13)8-9-20-14/h1-10,15H,(H,18,19). The molecule has 1 N–H and O–H groups in total. The van der Waals surface area contributed by atoms with Gasteiger partial charge in [0.15, 0.2) is 0 Å². The first-order valence-corrected chi connectivity index (χ1v) is 7.53. The van der Waals surface area contributed by atoms with Gasteiger partial charge in [0.1, 0.15) is 5.38 Å². The van der Waals surface area contributed by atoms with Crippen LogP contribution in [0.4, 0.5) is 5.69 Å². The molecule has 1 heterocycles. The van der Waals surface area contributed by atoms with Crippen molar-refractivity contribution in [2.24, 2.45) is 0 Å². The first-order chi connectivity index (χ1) is 9.74. The maximum absolute atomic E-state index is 12.1. The lowest BCUT2D eigenvalue weighted by Crippen LogP contribution is -2.17. The number of fused-ring (bicyclic) bond motifs is 1. The number of hydrogen-bond donors (Lipinski definition) is 1. The highest BCUT2D eigenvalue weighted by Crippen LogP contribution is 2.26. The van der Waals surface area contributed by atoms with E-state index in [1.807, 2.05) is 60.0 Å². The molecule has 0 radical (unpaired) electrons. The van der Waals surface area contributed by atoms with Crippen LogP contribution < -0.4 is 5.32 Å². The van der Waals surface area contributed by atoms with Gasteiger partial charge in [0.2, 0.25) is 5.91 Å². The van der Waals surface area contributed by atoms with E-state index in [1.54, 1.807) is 11.3 Å². The molecule has 1 amide bonds. The summed E-state index contributed by atoms with van der Waals surface area (Å²) in [6.07, 6.45) is 0. The fourth-order valence-electron chi connectivity index (χ4n) is 2.02. The normalized spacial score (nSPS) is 12.2. The monoisotopic (exact) mass is 301 g/mol. The summed E-state index contributed by atoms with van der Waals surface area (Å²) in [5, 5.41) is 5.33. The highest BCUT2D eigenvalue weighted by Gasteiger charge is 2.17. The molecule has 1 atom stereocenters. The predicted octanol–water partition coefficient (Wildman–Crippen LogP) is 4.82. The van der Waals surface area contributed by atoms with Crippen LogP contribution in [-0.2, 0) is 4.79 Å². The molecule has 4 heteroatoms. The lowest BCUT2D eigenvalue weighted by atomic mass is 10.1. The molecule has 0 spiro atoms. The minimum atomic E-state index is -0.686. The second-order valence-corrected chi connectivity index (χ2v) is 5.82. The van der Waals surface area contributed by atoms with E-state index in [2.05, 4.69) is 5.32 Å². The van der Waals surface area contributed by atoms with Crippen molar-refractivity contribution in [2.45, 2.75) is 5.38 Å². The number of halogens is 1. The van der Waals surface area contributed by atoms with Crippen molar-refractivity contribution < 1.29 is 4.79 Å². The SMILES string of the molecule is O=C(Nc1ccc2sccc2c1)C(Cl)c1ccccc1. The van der Waals surface area contributed by atoms with E-state index in [0.717, 1.165) is 16.6 Å². The number of amides is 1. The van der Waals surface area contributed by atoms with Gasteiger partial charge in [-0.1, -0.05) is 30.3 Å². The Hall–Kier alpha value is -1.84. The maximum atomic E-state index is 12.1. The Balaban J connectivity index is 1.78. The van der Waals surface area contributed by atoms with Gasteiger partial charge in [-0.2, -0.15) is 0 Å². The molecule has 0 saturated heterocycles. The molecule has 1 unspecified atom stereocenters. The van der Waals surface area contributed by atoms with Gasteiger partial charge < -0.3 is 5.32 Å². The fourth-order valence-corrected chi connectivity index (χ4v) is 2.99. The lowest BCUT2D eigenvalue weighted by molar-refractivity contribution is -0.116. The molecule has 2 aromatic carbocycles. The van der Waals surface area contributed by atoms with Crippen molar-refractivity contribution in [3.05, 3.63) is 65.5 Å². The first kappa shape index (κ1) is 13.2. The van der Waals surface area contributed by atoms with Gasteiger partial charge in [-0.05, 0) is 40.6 Å². The van der Waals surface area contributed by atoms with Gasteiger partial charge in [0, 0.05) is 10.4 Å². The molecule has 1 aromatic heterocycles. The summed E-state index contributed by atoms with van der Waals surface area (Å²) in [5.41, 5.74) is 1.56. The molecule has 0 aliphatic rings. The summed E-state index contributed by atoms with van der Waals surface area (Å²) in [7, 11) is 0. The van der Waals surface area contributed by atoms with E-state index in [1.165, 1.54) is 4.70 Å². The van der Waals surface area contributed by atoms with E-state index in [-0.39, 0.29) is 5.91 Å². The van der Waals surface area contributed by atoms with Crippen LogP contribution >= 0.6 is 22.9 Å². The number of carbonyl (C=O) groups is 1.